The highest BCUT2D eigenvalue weighted by molar-refractivity contribution is 8.14. The second-order valence-corrected chi connectivity index (χ2v) is 4.94. The van der Waals surface area contributed by atoms with Crippen LogP contribution < -0.4 is 5.32 Å². The van der Waals surface area contributed by atoms with E-state index in [9.17, 15) is 9.59 Å². The normalized spacial score (nSPS) is 17.4. The fourth-order valence-electron chi connectivity index (χ4n) is 1.40. The van der Waals surface area contributed by atoms with Gasteiger partial charge in [-0.3, -0.25) is 14.9 Å². The van der Waals surface area contributed by atoms with E-state index in [-0.39, 0.29) is 5.91 Å². The summed E-state index contributed by atoms with van der Waals surface area (Å²) < 4.78 is 0. The maximum absolute atomic E-state index is 11.5. The fraction of sp³-hybridized carbons (Fsp3) is 0.250. The molecule has 2 rings (SSSR count). The van der Waals surface area contributed by atoms with E-state index in [4.69, 9.17) is 4.84 Å². The van der Waals surface area contributed by atoms with Crippen LogP contribution in [0.25, 0.3) is 0 Å². The SMILES string of the molecule is CN1CC(=NOC(=O)Nc2ccccc2)SCC1=O. The van der Waals surface area contributed by atoms with Crippen LogP contribution in [0.4, 0.5) is 10.5 Å². The van der Waals surface area contributed by atoms with Crippen LogP contribution in [0.5, 0.6) is 0 Å². The van der Waals surface area contributed by atoms with Gasteiger partial charge in [0.05, 0.1) is 12.3 Å². The van der Waals surface area contributed by atoms with Crippen molar-refractivity contribution < 1.29 is 14.4 Å². The lowest BCUT2D eigenvalue weighted by atomic mass is 10.3. The van der Waals surface area contributed by atoms with Crippen molar-refractivity contribution in [3.8, 4) is 0 Å². The van der Waals surface area contributed by atoms with Crippen molar-refractivity contribution in [2.45, 2.75) is 0 Å². The first-order chi connectivity index (χ1) is 9.15. The Morgan fingerprint density at radius 3 is 2.84 bits per heavy atom. The predicted octanol–water partition coefficient (Wildman–Crippen LogP) is 1.75. The third-order valence-corrected chi connectivity index (χ3v) is 3.34. The number of hydrogen-bond donors (Lipinski definition) is 1. The zero-order chi connectivity index (χ0) is 13.7. The van der Waals surface area contributed by atoms with E-state index in [1.54, 1.807) is 31.3 Å². The molecule has 1 aliphatic heterocycles. The summed E-state index contributed by atoms with van der Waals surface area (Å²) in [5.74, 6) is 0.358. The summed E-state index contributed by atoms with van der Waals surface area (Å²) in [6.07, 6.45) is -0.654. The van der Waals surface area contributed by atoms with Gasteiger partial charge in [0.15, 0.2) is 0 Å². The maximum Gasteiger partial charge on any atom is 0.437 e. The third kappa shape index (κ3) is 3.99. The molecule has 0 atom stereocenters. The molecule has 1 N–H and O–H groups in total. The number of nitrogens with zero attached hydrogens (tertiary/aromatic N) is 2. The van der Waals surface area contributed by atoms with Gasteiger partial charge in [-0.15, -0.1) is 0 Å². The van der Waals surface area contributed by atoms with Crippen molar-refractivity contribution in [3.05, 3.63) is 30.3 Å². The Labute approximate surface area is 114 Å². The van der Waals surface area contributed by atoms with Crippen molar-refractivity contribution in [3.63, 3.8) is 0 Å². The zero-order valence-electron chi connectivity index (χ0n) is 10.3. The van der Waals surface area contributed by atoms with Crippen LogP contribution in [0.3, 0.4) is 0 Å². The smallest absolute Gasteiger partial charge is 0.338 e. The molecule has 0 radical (unpaired) electrons. The Balaban J connectivity index is 1.85. The standard InChI is InChI=1S/C12H13N3O3S/c1-15-7-10(19-8-11(15)16)14-18-12(17)13-9-5-3-2-4-6-9/h2-6H,7-8H2,1H3,(H,13,17). The van der Waals surface area contributed by atoms with Crippen molar-refractivity contribution in [1.29, 1.82) is 0 Å². The molecule has 1 aliphatic rings. The van der Waals surface area contributed by atoms with Gasteiger partial charge in [0.1, 0.15) is 5.04 Å². The minimum Gasteiger partial charge on any atom is -0.338 e. The number of nitrogens with one attached hydrogen (secondary N) is 1. The molecule has 100 valence electrons. The molecule has 1 fully saturated rings. The van der Waals surface area contributed by atoms with Crippen LogP contribution in [0.1, 0.15) is 0 Å². The number of rotatable bonds is 2. The summed E-state index contributed by atoms with van der Waals surface area (Å²) in [7, 11) is 1.68. The lowest BCUT2D eigenvalue weighted by Gasteiger charge is -2.22. The van der Waals surface area contributed by atoms with Crippen LogP contribution in [0, 0.1) is 0 Å². The Morgan fingerprint density at radius 2 is 2.16 bits per heavy atom. The number of carbonyl (C=O) groups is 2. The van der Waals surface area contributed by atoms with Gasteiger partial charge in [0.2, 0.25) is 5.91 Å². The summed E-state index contributed by atoms with van der Waals surface area (Å²) in [6, 6.07) is 8.95. The summed E-state index contributed by atoms with van der Waals surface area (Å²) in [5, 5.41) is 6.88. The number of para-hydroxylation sites is 1. The largest absolute Gasteiger partial charge is 0.437 e. The highest BCUT2D eigenvalue weighted by atomic mass is 32.2. The Hall–Kier alpha value is -2.02. The van der Waals surface area contributed by atoms with E-state index in [0.717, 1.165) is 0 Å². The average Bonchev–Trinajstić information content (AvgIpc) is 2.41. The minimum absolute atomic E-state index is 0.0395. The number of hydrogen-bond acceptors (Lipinski definition) is 5. The fourth-order valence-corrected chi connectivity index (χ4v) is 2.29. The molecular weight excluding hydrogens is 266 g/mol. The van der Waals surface area contributed by atoms with E-state index in [1.165, 1.54) is 16.7 Å². The summed E-state index contributed by atoms with van der Waals surface area (Å²) in [5.41, 5.74) is 0.635. The molecule has 1 aromatic carbocycles. The van der Waals surface area contributed by atoms with E-state index >= 15 is 0 Å². The topological polar surface area (TPSA) is 71.0 Å². The first kappa shape index (κ1) is 13.4. The zero-order valence-corrected chi connectivity index (χ0v) is 11.1. The van der Waals surface area contributed by atoms with Crippen molar-refractivity contribution >= 4 is 34.5 Å². The number of oxime groups is 1. The molecule has 1 aromatic rings. The lowest BCUT2D eigenvalue weighted by molar-refractivity contribution is -0.126. The van der Waals surface area contributed by atoms with Gasteiger partial charge >= 0.3 is 6.09 Å². The molecule has 1 heterocycles. The van der Waals surface area contributed by atoms with Crippen LogP contribution in [-0.2, 0) is 9.63 Å². The van der Waals surface area contributed by atoms with Gasteiger partial charge in [-0.2, -0.15) is 0 Å². The molecule has 0 bridgehead atoms. The van der Waals surface area contributed by atoms with E-state index in [1.807, 2.05) is 6.07 Å². The minimum atomic E-state index is -0.654. The molecule has 0 spiro atoms. The molecular formula is C12H13N3O3S. The summed E-state index contributed by atoms with van der Waals surface area (Å²) in [6.45, 7) is 0.363. The third-order valence-electron chi connectivity index (χ3n) is 2.41. The maximum atomic E-state index is 11.5. The summed E-state index contributed by atoms with van der Waals surface area (Å²) in [4.78, 5) is 29.0. The van der Waals surface area contributed by atoms with Crippen LogP contribution in [0.15, 0.2) is 35.5 Å². The number of anilines is 1. The Kier molecular flexibility index (Phi) is 4.40. The van der Waals surface area contributed by atoms with Crippen LogP contribution >= 0.6 is 11.8 Å². The van der Waals surface area contributed by atoms with Gasteiger partial charge < -0.3 is 4.90 Å². The van der Waals surface area contributed by atoms with E-state index in [0.29, 0.717) is 23.0 Å². The van der Waals surface area contributed by atoms with Crippen molar-refractivity contribution in [2.24, 2.45) is 5.16 Å². The lowest BCUT2D eigenvalue weighted by Crippen LogP contribution is -2.37. The Morgan fingerprint density at radius 1 is 1.42 bits per heavy atom. The van der Waals surface area contributed by atoms with E-state index in [2.05, 4.69) is 10.5 Å². The highest BCUT2D eigenvalue weighted by Crippen LogP contribution is 2.13. The van der Waals surface area contributed by atoms with Crippen molar-refractivity contribution in [2.75, 3.05) is 24.7 Å². The number of amides is 2. The predicted molar refractivity (Wildman–Crippen MR) is 74.1 cm³/mol. The Bertz CT molecular complexity index is 504. The number of benzene rings is 1. The summed E-state index contributed by atoms with van der Waals surface area (Å²) >= 11 is 1.28. The second kappa shape index (κ2) is 6.24. The average molecular weight is 279 g/mol. The van der Waals surface area contributed by atoms with Gasteiger partial charge in [-0.05, 0) is 12.1 Å². The van der Waals surface area contributed by atoms with Crippen LogP contribution in [-0.4, -0.2) is 41.3 Å². The molecule has 1 saturated heterocycles. The van der Waals surface area contributed by atoms with Gasteiger partial charge in [0, 0.05) is 12.7 Å². The highest BCUT2D eigenvalue weighted by Gasteiger charge is 2.20. The van der Waals surface area contributed by atoms with Gasteiger partial charge in [-0.25, -0.2) is 4.79 Å². The number of thioether (sulfide) groups is 1. The molecule has 0 aliphatic carbocycles. The molecule has 7 heteroatoms. The molecule has 0 unspecified atom stereocenters. The molecule has 0 aromatic heterocycles. The van der Waals surface area contributed by atoms with Gasteiger partial charge in [0.25, 0.3) is 0 Å². The first-order valence-corrected chi connectivity index (χ1v) is 6.60. The first-order valence-electron chi connectivity index (χ1n) is 5.62. The monoisotopic (exact) mass is 279 g/mol. The molecule has 6 nitrogen and oxygen atoms in total. The van der Waals surface area contributed by atoms with E-state index < -0.39 is 6.09 Å². The van der Waals surface area contributed by atoms with Crippen molar-refractivity contribution in [1.82, 2.24) is 4.90 Å². The molecule has 19 heavy (non-hydrogen) atoms. The second-order valence-electron chi connectivity index (χ2n) is 3.89. The molecule has 0 saturated carbocycles. The quantitative estimate of drug-likeness (QED) is 0.661. The van der Waals surface area contributed by atoms with Gasteiger partial charge in [-0.1, -0.05) is 35.1 Å². The molecule has 2 amide bonds. The number of carbonyl (C=O) groups excluding carboxylic acids is 2. The van der Waals surface area contributed by atoms with Crippen LogP contribution in [0.2, 0.25) is 0 Å².